The van der Waals surface area contributed by atoms with Crippen molar-refractivity contribution in [2.24, 2.45) is 0 Å². The van der Waals surface area contributed by atoms with Crippen LogP contribution in [-0.2, 0) is 5.75 Å². The maximum absolute atomic E-state index is 5.79. The van der Waals surface area contributed by atoms with Gasteiger partial charge in [0.25, 0.3) is 5.22 Å². The van der Waals surface area contributed by atoms with Crippen LogP contribution in [0.25, 0.3) is 11.5 Å². The average molecular weight is 419 g/mol. The summed E-state index contributed by atoms with van der Waals surface area (Å²) in [6.45, 7) is 3.18. The summed E-state index contributed by atoms with van der Waals surface area (Å²) in [5, 5.41) is 8.84. The molecule has 2 aromatic carbocycles. The Hall–Kier alpha value is -1.99. The molecule has 4 rings (SSSR count). The molecule has 0 amide bonds. The molecule has 25 heavy (non-hydrogen) atoms. The maximum Gasteiger partial charge on any atom is 0.277 e. The van der Waals surface area contributed by atoms with Crippen molar-refractivity contribution >= 4 is 27.7 Å². The van der Waals surface area contributed by atoms with Gasteiger partial charge in [-0.25, -0.2) is 0 Å². The summed E-state index contributed by atoms with van der Waals surface area (Å²) in [4.78, 5) is 0. The molecule has 3 aromatic rings. The molecule has 0 aliphatic carbocycles. The third-order valence-electron chi connectivity index (χ3n) is 3.84. The highest BCUT2D eigenvalue weighted by atomic mass is 79.9. The predicted molar refractivity (Wildman–Crippen MR) is 99.2 cm³/mol. The van der Waals surface area contributed by atoms with Crippen LogP contribution < -0.4 is 9.47 Å². The number of fused-ring (bicyclic) bond motifs is 1. The molecule has 1 aliphatic heterocycles. The highest BCUT2D eigenvalue weighted by molar-refractivity contribution is 9.10. The number of nitrogens with zero attached hydrogens (tertiary/aromatic N) is 2. The van der Waals surface area contributed by atoms with Gasteiger partial charge in [-0.3, -0.25) is 0 Å². The van der Waals surface area contributed by atoms with E-state index >= 15 is 0 Å². The van der Waals surface area contributed by atoms with E-state index < -0.39 is 0 Å². The van der Waals surface area contributed by atoms with Crippen LogP contribution in [0.5, 0.6) is 11.5 Å². The van der Waals surface area contributed by atoms with E-state index in [1.807, 2.05) is 43.3 Å². The van der Waals surface area contributed by atoms with Gasteiger partial charge in [0, 0.05) is 15.8 Å². The van der Waals surface area contributed by atoms with E-state index in [4.69, 9.17) is 13.9 Å². The van der Waals surface area contributed by atoms with Crippen LogP contribution in [0, 0.1) is 6.92 Å². The lowest BCUT2D eigenvalue weighted by Crippen LogP contribution is -2.15. The van der Waals surface area contributed by atoms with E-state index in [2.05, 4.69) is 26.1 Å². The van der Waals surface area contributed by atoms with E-state index in [-0.39, 0.29) is 0 Å². The molecule has 5 nitrogen and oxygen atoms in total. The Bertz CT molecular complexity index is 913. The molecule has 2 heterocycles. The van der Waals surface area contributed by atoms with Gasteiger partial charge in [-0.15, -0.1) is 10.2 Å². The summed E-state index contributed by atoms with van der Waals surface area (Å²) in [5.41, 5.74) is 3.16. The van der Waals surface area contributed by atoms with E-state index in [0.29, 0.717) is 30.1 Å². The van der Waals surface area contributed by atoms with Crippen molar-refractivity contribution in [2.45, 2.75) is 17.9 Å². The first kappa shape index (κ1) is 16.5. The smallest absolute Gasteiger partial charge is 0.277 e. The van der Waals surface area contributed by atoms with Crippen molar-refractivity contribution in [1.82, 2.24) is 10.2 Å². The molecule has 0 N–H and O–H groups in total. The zero-order chi connectivity index (χ0) is 17.2. The second-order valence-corrected chi connectivity index (χ2v) is 7.34. The minimum Gasteiger partial charge on any atom is -0.486 e. The third-order valence-corrected chi connectivity index (χ3v) is 5.45. The Labute approximate surface area is 157 Å². The highest BCUT2D eigenvalue weighted by Gasteiger charge is 2.16. The van der Waals surface area contributed by atoms with Gasteiger partial charge in [-0.05, 0) is 36.2 Å². The Morgan fingerprint density at radius 2 is 1.84 bits per heavy atom. The van der Waals surface area contributed by atoms with Crippen LogP contribution in [0.3, 0.4) is 0 Å². The molecule has 0 saturated heterocycles. The number of thioether (sulfide) groups is 1. The lowest BCUT2D eigenvalue weighted by Gasteiger charge is -2.19. The van der Waals surface area contributed by atoms with Crippen molar-refractivity contribution in [3.05, 3.63) is 52.0 Å². The fourth-order valence-electron chi connectivity index (χ4n) is 2.55. The molecule has 0 spiro atoms. The van der Waals surface area contributed by atoms with Gasteiger partial charge in [-0.2, -0.15) is 0 Å². The lowest BCUT2D eigenvalue weighted by atomic mass is 10.1. The first-order valence-corrected chi connectivity index (χ1v) is 9.59. The Morgan fingerprint density at radius 3 is 2.64 bits per heavy atom. The molecule has 128 valence electrons. The Kier molecular flexibility index (Phi) is 4.67. The van der Waals surface area contributed by atoms with Crippen LogP contribution in [0.1, 0.15) is 11.1 Å². The second kappa shape index (κ2) is 7.09. The largest absolute Gasteiger partial charge is 0.486 e. The summed E-state index contributed by atoms with van der Waals surface area (Å²) in [7, 11) is 0. The quantitative estimate of drug-likeness (QED) is 0.563. The van der Waals surface area contributed by atoms with E-state index in [0.717, 1.165) is 32.7 Å². The monoisotopic (exact) mass is 418 g/mol. The minimum atomic E-state index is 0.542. The Morgan fingerprint density at radius 1 is 1.08 bits per heavy atom. The van der Waals surface area contributed by atoms with Crippen molar-refractivity contribution in [2.75, 3.05) is 13.2 Å². The van der Waals surface area contributed by atoms with E-state index in [1.54, 1.807) is 0 Å². The SMILES string of the molecule is Cc1ccccc1-c1nnc(SCc2cc3c(cc2Br)OCCO3)o1. The Balaban J connectivity index is 1.50. The maximum atomic E-state index is 5.79. The molecule has 1 aliphatic rings. The molecule has 1 aromatic heterocycles. The van der Waals surface area contributed by atoms with Crippen molar-refractivity contribution < 1.29 is 13.9 Å². The van der Waals surface area contributed by atoms with Gasteiger partial charge in [0.15, 0.2) is 11.5 Å². The van der Waals surface area contributed by atoms with Gasteiger partial charge in [0.1, 0.15) is 13.2 Å². The number of aromatic nitrogens is 2. The van der Waals surface area contributed by atoms with Gasteiger partial charge in [-0.1, -0.05) is 45.9 Å². The molecule has 0 saturated carbocycles. The first-order chi connectivity index (χ1) is 12.2. The summed E-state index contributed by atoms with van der Waals surface area (Å²) >= 11 is 5.08. The molecular formula is C18H15BrN2O3S. The number of aryl methyl sites for hydroxylation is 1. The number of rotatable bonds is 4. The van der Waals surface area contributed by atoms with Gasteiger partial charge < -0.3 is 13.9 Å². The van der Waals surface area contributed by atoms with E-state index in [9.17, 15) is 0 Å². The summed E-state index contributed by atoms with van der Waals surface area (Å²) in [6.07, 6.45) is 0. The molecule has 7 heteroatoms. The lowest BCUT2D eigenvalue weighted by molar-refractivity contribution is 0.171. The second-order valence-electron chi connectivity index (χ2n) is 5.56. The van der Waals surface area contributed by atoms with Crippen LogP contribution in [0.4, 0.5) is 0 Å². The summed E-state index contributed by atoms with van der Waals surface area (Å²) in [5.74, 6) is 2.77. The van der Waals surface area contributed by atoms with Gasteiger partial charge in [0.05, 0.1) is 0 Å². The van der Waals surface area contributed by atoms with Crippen LogP contribution in [0.2, 0.25) is 0 Å². The predicted octanol–water partition coefficient (Wildman–Crippen LogP) is 4.87. The van der Waals surface area contributed by atoms with Crippen LogP contribution >= 0.6 is 27.7 Å². The normalized spacial score (nSPS) is 13.0. The number of hydrogen-bond acceptors (Lipinski definition) is 6. The summed E-state index contributed by atoms with van der Waals surface area (Å²) < 4.78 is 18.0. The number of ether oxygens (including phenoxy) is 2. The fraction of sp³-hybridized carbons (Fsp3) is 0.222. The third kappa shape index (κ3) is 3.52. The number of hydrogen-bond donors (Lipinski definition) is 0. The average Bonchev–Trinajstić information content (AvgIpc) is 3.09. The van der Waals surface area contributed by atoms with Crippen LogP contribution in [-0.4, -0.2) is 23.4 Å². The van der Waals surface area contributed by atoms with Crippen molar-refractivity contribution in [3.8, 4) is 23.0 Å². The zero-order valence-corrected chi connectivity index (χ0v) is 15.9. The van der Waals surface area contributed by atoms with Gasteiger partial charge in [0.2, 0.25) is 5.89 Å². The van der Waals surface area contributed by atoms with E-state index in [1.165, 1.54) is 11.8 Å². The highest BCUT2D eigenvalue weighted by Crippen LogP contribution is 2.38. The standard InChI is InChI=1S/C18H15BrN2O3S/c1-11-4-2-3-5-13(11)17-20-21-18(24-17)25-10-12-8-15-16(9-14(12)19)23-7-6-22-15/h2-5,8-9H,6-7,10H2,1H3. The molecule has 0 radical (unpaired) electrons. The first-order valence-electron chi connectivity index (χ1n) is 7.81. The van der Waals surface area contributed by atoms with Crippen molar-refractivity contribution in [3.63, 3.8) is 0 Å². The number of halogens is 1. The fourth-order valence-corrected chi connectivity index (χ4v) is 3.95. The molecule has 0 fully saturated rings. The number of benzene rings is 2. The molecule has 0 unspecified atom stereocenters. The van der Waals surface area contributed by atoms with Gasteiger partial charge >= 0.3 is 0 Å². The summed E-state index contributed by atoms with van der Waals surface area (Å²) in [6, 6.07) is 11.9. The molecular weight excluding hydrogens is 404 g/mol. The minimum absolute atomic E-state index is 0.542. The topological polar surface area (TPSA) is 57.4 Å². The van der Waals surface area contributed by atoms with Crippen molar-refractivity contribution in [1.29, 1.82) is 0 Å². The zero-order valence-electron chi connectivity index (χ0n) is 13.5. The molecule has 0 atom stereocenters. The molecule has 0 bridgehead atoms. The van der Waals surface area contributed by atoms with Crippen LogP contribution in [0.15, 0.2) is 50.5 Å².